The van der Waals surface area contributed by atoms with Gasteiger partial charge in [0.25, 0.3) is 5.56 Å². The minimum atomic E-state index is -0.839. The van der Waals surface area contributed by atoms with Crippen molar-refractivity contribution in [3.05, 3.63) is 81.3 Å². The Morgan fingerprint density at radius 1 is 1.12 bits per heavy atom. The molecule has 1 aromatic carbocycles. The lowest BCUT2D eigenvalue weighted by Gasteiger charge is -2.19. The van der Waals surface area contributed by atoms with E-state index < -0.39 is 11.4 Å². The van der Waals surface area contributed by atoms with Gasteiger partial charge in [-0.1, -0.05) is 30.3 Å². The predicted molar refractivity (Wildman–Crippen MR) is 99.1 cm³/mol. The molecule has 0 spiro atoms. The molecule has 2 heterocycles. The number of aromatic nitrogens is 3. The van der Waals surface area contributed by atoms with Gasteiger partial charge in [0.1, 0.15) is 5.82 Å². The normalized spacial score (nSPS) is 11.1. The molecule has 3 rings (SSSR count). The van der Waals surface area contributed by atoms with E-state index in [1.165, 1.54) is 6.92 Å². The SMILES string of the molecule is Cc1cccnc1CN(C)Cc1ccccc1-c1nc(C)c(F)c(=O)[nH]1. The molecule has 26 heavy (non-hydrogen) atoms. The largest absolute Gasteiger partial charge is 0.304 e. The number of hydrogen-bond donors (Lipinski definition) is 1. The van der Waals surface area contributed by atoms with Crippen molar-refractivity contribution in [3.8, 4) is 11.4 Å². The van der Waals surface area contributed by atoms with Gasteiger partial charge < -0.3 is 4.98 Å². The van der Waals surface area contributed by atoms with Gasteiger partial charge in [0.15, 0.2) is 0 Å². The summed E-state index contributed by atoms with van der Waals surface area (Å²) in [7, 11) is 2.01. The Morgan fingerprint density at radius 2 is 1.88 bits per heavy atom. The van der Waals surface area contributed by atoms with Crippen LogP contribution in [0.5, 0.6) is 0 Å². The van der Waals surface area contributed by atoms with Crippen LogP contribution in [0.3, 0.4) is 0 Å². The molecule has 1 N–H and O–H groups in total. The second kappa shape index (κ2) is 7.58. The van der Waals surface area contributed by atoms with E-state index in [1.807, 2.05) is 50.4 Å². The Hall–Kier alpha value is -2.86. The zero-order chi connectivity index (χ0) is 18.7. The molecule has 0 unspecified atom stereocenters. The van der Waals surface area contributed by atoms with E-state index in [-0.39, 0.29) is 5.69 Å². The second-order valence-electron chi connectivity index (χ2n) is 6.41. The molecule has 0 fully saturated rings. The van der Waals surface area contributed by atoms with E-state index >= 15 is 0 Å². The summed E-state index contributed by atoms with van der Waals surface area (Å²) in [5.74, 6) is -0.458. The van der Waals surface area contributed by atoms with Crippen LogP contribution < -0.4 is 5.56 Å². The molecule has 134 valence electrons. The molecular weight excluding hydrogens is 331 g/mol. The average Bonchev–Trinajstić information content (AvgIpc) is 2.61. The first-order chi connectivity index (χ1) is 12.5. The van der Waals surface area contributed by atoms with Crippen molar-refractivity contribution in [1.29, 1.82) is 0 Å². The number of nitrogens with one attached hydrogen (secondary N) is 1. The zero-order valence-corrected chi connectivity index (χ0v) is 15.1. The summed E-state index contributed by atoms with van der Waals surface area (Å²) in [5.41, 5.74) is 3.30. The maximum atomic E-state index is 13.6. The van der Waals surface area contributed by atoms with E-state index in [1.54, 1.807) is 6.20 Å². The third kappa shape index (κ3) is 3.86. The first-order valence-corrected chi connectivity index (χ1v) is 8.39. The molecule has 0 aliphatic carbocycles. The number of nitrogens with zero attached hydrogens (tertiary/aromatic N) is 3. The molecule has 0 saturated heterocycles. The highest BCUT2D eigenvalue weighted by Gasteiger charge is 2.13. The van der Waals surface area contributed by atoms with E-state index in [0.29, 0.717) is 18.9 Å². The monoisotopic (exact) mass is 352 g/mol. The van der Waals surface area contributed by atoms with E-state index in [2.05, 4.69) is 19.9 Å². The Labute approximate surface area is 151 Å². The Bertz CT molecular complexity index is 984. The molecule has 6 heteroatoms. The summed E-state index contributed by atoms with van der Waals surface area (Å²) < 4.78 is 13.6. The lowest BCUT2D eigenvalue weighted by atomic mass is 10.1. The van der Waals surface area contributed by atoms with Gasteiger partial charge in [0.2, 0.25) is 5.82 Å². The number of halogens is 1. The molecule has 0 aliphatic rings. The fraction of sp³-hybridized carbons (Fsp3) is 0.250. The molecule has 3 aromatic rings. The highest BCUT2D eigenvalue weighted by atomic mass is 19.1. The fourth-order valence-corrected chi connectivity index (χ4v) is 2.87. The third-order valence-corrected chi connectivity index (χ3v) is 4.28. The van der Waals surface area contributed by atoms with Gasteiger partial charge in [-0.25, -0.2) is 4.98 Å². The predicted octanol–water partition coefficient (Wildman–Crippen LogP) is 3.22. The third-order valence-electron chi connectivity index (χ3n) is 4.28. The summed E-state index contributed by atoms with van der Waals surface area (Å²) in [4.78, 5) is 25.1. The van der Waals surface area contributed by atoms with Gasteiger partial charge in [-0.15, -0.1) is 0 Å². The van der Waals surface area contributed by atoms with E-state index in [0.717, 1.165) is 22.4 Å². The Balaban J connectivity index is 1.88. The maximum absolute atomic E-state index is 13.6. The molecule has 5 nitrogen and oxygen atoms in total. The smallest absolute Gasteiger partial charge is 0.287 e. The first kappa shape index (κ1) is 17.9. The molecule has 0 amide bonds. The number of hydrogen-bond acceptors (Lipinski definition) is 4. The number of aryl methyl sites for hydroxylation is 2. The standard InChI is InChI=1S/C20H21FN4O/c1-13-7-6-10-22-17(13)12-25(3)11-15-8-4-5-9-16(15)19-23-14(2)18(21)20(26)24-19/h4-10H,11-12H2,1-3H3,(H,23,24,26). The number of H-pyrrole nitrogens is 1. The van der Waals surface area contributed by atoms with Crippen LogP contribution in [0.25, 0.3) is 11.4 Å². The van der Waals surface area contributed by atoms with Gasteiger partial charge in [-0.2, -0.15) is 4.39 Å². The summed E-state index contributed by atoms with van der Waals surface area (Å²) in [6.45, 7) is 4.88. The number of benzene rings is 1. The van der Waals surface area contributed by atoms with E-state index in [4.69, 9.17) is 0 Å². The summed E-state index contributed by atoms with van der Waals surface area (Å²) >= 11 is 0. The van der Waals surface area contributed by atoms with Crippen LogP contribution in [0.4, 0.5) is 4.39 Å². The van der Waals surface area contributed by atoms with Crippen LogP contribution in [0.2, 0.25) is 0 Å². The summed E-state index contributed by atoms with van der Waals surface area (Å²) in [5, 5.41) is 0. The van der Waals surface area contributed by atoms with Gasteiger partial charge in [-0.3, -0.25) is 14.7 Å². The average molecular weight is 352 g/mol. The minimum Gasteiger partial charge on any atom is -0.304 e. The minimum absolute atomic E-state index is 0.0935. The van der Waals surface area contributed by atoms with Crippen LogP contribution in [0.15, 0.2) is 47.4 Å². The van der Waals surface area contributed by atoms with E-state index in [9.17, 15) is 9.18 Å². The van der Waals surface area contributed by atoms with Crippen molar-refractivity contribution >= 4 is 0 Å². The van der Waals surface area contributed by atoms with Crippen LogP contribution in [0.1, 0.15) is 22.5 Å². The van der Waals surface area contributed by atoms with Crippen molar-refractivity contribution in [1.82, 2.24) is 19.9 Å². The topological polar surface area (TPSA) is 61.9 Å². The van der Waals surface area contributed by atoms with Crippen molar-refractivity contribution in [3.63, 3.8) is 0 Å². The van der Waals surface area contributed by atoms with Crippen LogP contribution >= 0.6 is 0 Å². The number of pyridine rings is 1. The number of rotatable bonds is 5. The molecule has 2 aromatic heterocycles. The molecule has 0 aliphatic heterocycles. The quantitative estimate of drug-likeness (QED) is 0.766. The van der Waals surface area contributed by atoms with Gasteiger partial charge in [0, 0.05) is 24.8 Å². The fourth-order valence-electron chi connectivity index (χ4n) is 2.87. The highest BCUT2D eigenvalue weighted by Crippen LogP contribution is 2.22. The molecule has 0 atom stereocenters. The van der Waals surface area contributed by atoms with Gasteiger partial charge >= 0.3 is 0 Å². The molecule has 0 saturated carbocycles. The van der Waals surface area contributed by atoms with Crippen molar-refractivity contribution in [2.24, 2.45) is 0 Å². The highest BCUT2D eigenvalue weighted by molar-refractivity contribution is 5.60. The Kier molecular flexibility index (Phi) is 5.23. The molecule has 0 radical (unpaired) electrons. The van der Waals surface area contributed by atoms with Crippen molar-refractivity contribution < 1.29 is 4.39 Å². The number of aromatic amines is 1. The van der Waals surface area contributed by atoms with Crippen LogP contribution in [-0.2, 0) is 13.1 Å². The molecular formula is C20H21FN4O. The van der Waals surface area contributed by atoms with Gasteiger partial charge in [-0.05, 0) is 38.1 Å². The Morgan fingerprint density at radius 3 is 2.62 bits per heavy atom. The lowest BCUT2D eigenvalue weighted by molar-refractivity contribution is 0.314. The van der Waals surface area contributed by atoms with Crippen molar-refractivity contribution in [2.45, 2.75) is 26.9 Å². The summed E-state index contributed by atoms with van der Waals surface area (Å²) in [6.07, 6.45) is 1.79. The zero-order valence-electron chi connectivity index (χ0n) is 15.1. The van der Waals surface area contributed by atoms with Crippen LogP contribution in [0, 0.1) is 19.7 Å². The summed E-state index contributed by atoms with van der Waals surface area (Å²) in [6, 6.07) is 11.6. The molecule has 0 bridgehead atoms. The second-order valence-corrected chi connectivity index (χ2v) is 6.41. The maximum Gasteiger partial charge on any atom is 0.287 e. The van der Waals surface area contributed by atoms with Crippen molar-refractivity contribution in [2.75, 3.05) is 7.05 Å². The first-order valence-electron chi connectivity index (χ1n) is 8.39. The van der Waals surface area contributed by atoms with Crippen LogP contribution in [-0.4, -0.2) is 26.9 Å². The lowest BCUT2D eigenvalue weighted by Crippen LogP contribution is -2.20. The van der Waals surface area contributed by atoms with Gasteiger partial charge in [0.05, 0.1) is 11.4 Å².